The summed E-state index contributed by atoms with van der Waals surface area (Å²) in [6.07, 6.45) is -25.8. The van der Waals surface area contributed by atoms with Gasteiger partial charge < -0.3 is 85.3 Å². The summed E-state index contributed by atoms with van der Waals surface area (Å²) in [5.74, 6) is -5.53. The van der Waals surface area contributed by atoms with Gasteiger partial charge in [-0.1, -0.05) is 0 Å². The molecule has 1 aliphatic carbocycles. The zero-order chi connectivity index (χ0) is 26.5. The van der Waals surface area contributed by atoms with Gasteiger partial charge in [-0.05, 0) is 0 Å². The van der Waals surface area contributed by atoms with Crippen molar-refractivity contribution in [3.8, 4) is 0 Å². The second-order valence-electron chi connectivity index (χ2n) is 8.80. The van der Waals surface area contributed by atoms with E-state index in [2.05, 4.69) is 0 Å². The fourth-order valence-electron chi connectivity index (χ4n) is 4.24. The van der Waals surface area contributed by atoms with E-state index in [-0.39, 0.29) is 0 Å². The van der Waals surface area contributed by atoms with E-state index in [0.717, 1.165) is 0 Å². The van der Waals surface area contributed by atoms with E-state index in [1.807, 2.05) is 0 Å². The summed E-state index contributed by atoms with van der Waals surface area (Å²) in [5, 5.41) is 130. The van der Waals surface area contributed by atoms with Gasteiger partial charge in [0.25, 0.3) is 0 Å². The van der Waals surface area contributed by atoms with Crippen molar-refractivity contribution >= 4 is 0 Å². The van der Waals surface area contributed by atoms with E-state index in [9.17, 15) is 66.4 Å². The summed E-state index contributed by atoms with van der Waals surface area (Å²) in [6, 6.07) is 0. The maximum Gasteiger partial charge on any atom is 0.224 e. The molecule has 13 N–H and O–H groups in total. The first-order chi connectivity index (χ1) is 16.3. The van der Waals surface area contributed by atoms with Gasteiger partial charge in [0.2, 0.25) is 11.6 Å². The van der Waals surface area contributed by atoms with Gasteiger partial charge in [0.05, 0.1) is 13.2 Å². The summed E-state index contributed by atoms with van der Waals surface area (Å²) in [5.41, 5.74) is 0. The Morgan fingerprint density at radius 1 is 0.629 bits per heavy atom. The number of ether oxygens (including phenoxy) is 4. The van der Waals surface area contributed by atoms with Gasteiger partial charge in [0.1, 0.15) is 79.9 Å². The van der Waals surface area contributed by atoms with Gasteiger partial charge in [-0.3, -0.25) is 0 Å². The standard InChI is InChI=1S/C18H32O17/c19-1-4-7(22)13(28)17(3-20,34-4)35-16-12(27)8(23)6(21)5(33-16)2-32-18(31)14(29)10(25)9(24)11(26)15(18)30/h4-16,19-31H,1-3H2/t4-,5-,6-,7-,8+,9?,10-,11+,12-,13+,14-,15-,16-,17+,18?/m1/s1. The molecule has 2 unspecified atom stereocenters. The predicted molar refractivity (Wildman–Crippen MR) is 102 cm³/mol. The van der Waals surface area contributed by atoms with Crippen LogP contribution in [0.15, 0.2) is 0 Å². The fourth-order valence-corrected chi connectivity index (χ4v) is 4.24. The monoisotopic (exact) mass is 520 g/mol. The van der Waals surface area contributed by atoms with Gasteiger partial charge in [-0.15, -0.1) is 0 Å². The van der Waals surface area contributed by atoms with Crippen LogP contribution in [0.5, 0.6) is 0 Å². The van der Waals surface area contributed by atoms with Crippen LogP contribution < -0.4 is 0 Å². The Morgan fingerprint density at radius 2 is 1.17 bits per heavy atom. The molecular weight excluding hydrogens is 488 g/mol. The van der Waals surface area contributed by atoms with Crippen molar-refractivity contribution in [1.29, 1.82) is 0 Å². The van der Waals surface area contributed by atoms with Crippen molar-refractivity contribution in [3.63, 3.8) is 0 Å². The molecule has 0 bridgehead atoms. The predicted octanol–water partition coefficient (Wildman–Crippen LogP) is -8.86. The minimum absolute atomic E-state index is 0.787. The van der Waals surface area contributed by atoms with Crippen molar-refractivity contribution in [2.45, 2.75) is 91.1 Å². The van der Waals surface area contributed by atoms with Crippen LogP contribution in [0.3, 0.4) is 0 Å². The average Bonchev–Trinajstić information content (AvgIpc) is 3.09. The Balaban J connectivity index is 1.76. The molecule has 2 saturated heterocycles. The highest BCUT2D eigenvalue weighted by atomic mass is 16.8. The molecule has 0 aromatic rings. The van der Waals surface area contributed by atoms with Crippen LogP contribution in [0.2, 0.25) is 0 Å². The first kappa shape index (κ1) is 28.9. The summed E-state index contributed by atoms with van der Waals surface area (Å²) < 4.78 is 20.8. The normalized spacial score (nSPS) is 55.3. The largest absolute Gasteiger partial charge is 0.394 e. The van der Waals surface area contributed by atoms with Crippen LogP contribution in [0.4, 0.5) is 0 Å². The lowest BCUT2D eigenvalue weighted by molar-refractivity contribution is -0.397. The molecule has 17 heteroatoms. The van der Waals surface area contributed by atoms with Gasteiger partial charge in [0.15, 0.2) is 6.29 Å². The van der Waals surface area contributed by atoms with E-state index in [4.69, 9.17) is 18.9 Å². The third-order valence-electron chi connectivity index (χ3n) is 6.56. The Morgan fingerprint density at radius 3 is 1.66 bits per heavy atom. The summed E-state index contributed by atoms with van der Waals surface area (Å²) >= 11 is 0. The third-order valence-corrected chi connectivity index (χ3v) is 6.56. The molecule has 2 heterocycles. The number of aliphatic hydroxyl groups excluding tert-OH is 12. The molecule has 15 atom stereocenters. The molecule has 0 aromatic carbocycles. The molecule has 3 fully saturated rings. The smallest absolute Gasteiger partial charge is 0.224 e. The minimum Gasteiger partial charge on any atom is -0.394 e. The molecule has 17 nitrogen and oxygen atoms in total. The summed E-state index contributed by atoms with van der Waals surface area (Å²) in [6.45, 7) is -2.89. The van der Waals surface area contributed by atoms with Crippen molar-refractivity contribution in [2.24, 2.45) is 0 Å². The van der Waals surface area contributed by atoms with Crippen molar-refractivity contribution in [2.75, 3.05) is 19.8 Å². The van der Waals surface area contributed by atoms with E-state index in [1.54, 1.807) is 0 Å². The van der Waals surface area contributed by atoms with Crippen LogP contribution in [0.1, 0.15) is 0 Å². The molecule has 1 saturated carbocycles. The van der Waals surface area contributed by atoms with Crippen molar-refractivity contribution in [1.82, 2.24) is 0 Å². The average molecular weight is 520 g/mol. The highest BCUT2D eigenvalue weighted by Gasteiger charge is 2.61. The number of hydrogen-bond donors (Lipinski definition) is 13. The van der Waals surface area contributed by atoms with Gasteiger partial charge in [0, 0.05) is 0 Å². The topological polar surface area (TPSA) is 300 Å². The van der Waals surface area contributed by atoms with Gasteiger partial charge >= 0.3 is 0 Å². The SMILES string of the molecule is OC[C@H]1O[C@@](CO)(O[C@H]2O[C@H](COC3(O)[C@H](O)[C@H](O)C(O)[C@H](O)[C@H]3O)[C@@H](O)[C@H](O)[C@H]2O)[C@@H](O)[C@@H]1O. The lowest BCUT2D eigenvalue weighted by Crippen LogP contribution is -2.72. The van der Waals surface area contributed by atoms with E-state index >= 15 is 0 Å². The maximum absolute atomic E-state index is 10.5. The van der Waals surface area contributed by atoms with E-state index in [0.29, 0.717) is 0 Å². The summed E-state index contributed by atoms with van der Waals surface area (Å²) in [4.78, 5) is 0. The lowest BCUT2D eigenvalue weighted by atomic mass is 9.82. The van der Waals surface area contributed by atoms with Crippen LogP contribution in [0, 0.1) is 0 Å². The number of rotatable bonds is 7. The zero-order valence-corrected chi connectivity index (χ0v) is 18.1. The zero-order valence-electron chi connectivity index (χ0n) is 18.1. The Kier molecular flexibility index (Phi) is 8.74. The molecule has 3 rings (SSSR count). The van der Waals surface area contributed by atoms with Crippen molar-refractivity contribution < 1.29 is 85.3 Å². The Labute approximate surface area is 197 Å². The summed E-state index contributed by atoms with van der Waals surface area (Å²) in [7, 11) is 0. The second kappa shape index (κ2) is 10.6. The van der Waals surface area contributed by atoms with Crippen molar-refractivity contribution in [3.05, 3.63) is 0 Å². The van der Waals surface area contributed by atoms with Gasteiger partial charge in [-0.2, -0.15) is 0 Å². The molecule has 0 spiro atoms. The molecule has 0 aromatic heterocycles. The quantitative estimate of drug-likeness (QED) is 0.139. The highest BCUT2D eigenvalue weighted by Crippen LogP contribution is 2.37. The minimum atomic E-state index is -3.09. The van der Waals surface area contributed by atoms with Crippen LogP contribution >= 0.6 is 0 Å². The molecule has 206 valence electrons. The maximum atomic E-state index is 10.5. The third kappa shape index (κ3) is 4.82. The van der Waals surface area contributed by atoms with Crippen LogP contribution in [0.25, 0.3) is 0 Å². The van der Waals surface area contributed by atoms with Gasteiger partial charge in [-0.25, -0.2) is 0 Å². The molecule has 0 radical (unpaired) electrons. The molecule has 0 amide bonds. The molecule has 35 heavy (non-hydrogen) atoms. The van der Waals surface area contributed by atoms with Crippen LogP contribution in [-0.2, 0) is 18.9 Å². The van der Waals surface area contributed by atoms with E-state index in [1.165, 1.54) is 0 Å². The first-order valence-electron chi connectivity index (χ1n) is 10.7. The Bertz CT molecular complexity index is 697. The Hall–Kier alpha value is -0.680. The molecular formula is C18H32O17. The number of hydrogen-bond acceptors (Lipinski definition) is 17. The van der Waals surface area contributed by atoms with E-state index < -0.39 is 111 Å². The number of aliphatic hydroxyl groups is 13. The highest BCUT2D eigenvalue weighted by molar-refractivity contribution is 5.04. The van der Waals surface area contributed by atoms with Crippen LogP contribution in [-0.4, -0.2) is 177 Å². The molecule has 2 aliphatic heterocycles. The second-order valence-corrected chi connectivity index (χ2v) is 8.80. The molecule has 3 aliphatic rings. The fraction of sp³-hybridized carbons (Fsp3) is 1.00. The lowest BCUT2D eigenvalue weighted by Gasteiger charge is -2.48. The first-order valence-corrected chi connectivity index (χ1v) is 10.7.